The van der Waals surface area contributed by atoms with Crippen LogP contribution in [0.5, 0.6) is 0 Å². The van der Waals surface area contributed by atoms with Gasteiger partial charge >= 0.3 is 0 Å². The Balaban J connectivity index is 2.33. The number of hydrogen-bond acceptors (Lipinski definition) is 5. The second kappa shape index (κ2) is 9.05. The fraction of sp³-hybridized carbons (Fsp3) is 0.438. The van der Waals surface area contributed by atoms with Crippen molar-refractivity contribution in [2.75, 3.05) is 10.9 Å². The molecule has 1 aliphatic carbocycles. The molecule has 0 fully saturated rings. The quantitative estimate of drug-likeness (QED) is 0.316. The molecule has 0 radical (unpaired) electrons. The van der Waals surface area contributed by atoms with E-state index >= 15 is 0 Å². The zero-order valence-electron chi connectivity index (χ0n) is 13.2. The number of benzene rings is 1. The molecule has 8 heteroatoms. The average Bonchev–Trinajstić information content (AvgIpc) is 2.57. The molecular formula is C16H21ClN2O4S. The van der Waals surface area contributed by atoms with Gasteiger partial charge in [0.05, 0.1) is 23.4 Å². The number of nitrogens with two attached hydrogens (primary N) is 1. The predicted octanol–water partition coefficient (Wildman–Crippen LogP) is 2.17. The van der Waals surface area contributed by atoms with Gasteiger partial charge in [-0.3, -0.25) is 9.10 Å². The van der Waals surface area contributed by atoms with Crippen molar-refractivity contribution in [2.24, 2.45) is 5.73 Å². The molecule has 6 nitrogen and oxygen atoms in total. The van der Waals surface area contributed by atoms with Crippen molar-refractivity contribution in [3.8, 4) is 0 Å². The smallest absolute Gasteiger partial charge is 0.293 e. The zero-order valence-corrected chi connectivity index (χ0v) is 14.8. The first kappa shape index (κ1) is 18.8. The van der Waals surface area contributed by atoms with Gasteiger partial charge in [-0.1, -0.05) is 23.7 Å². The van der Waals surface area contributed by atoms with Gasteiger partial charge in [0.1, 0.15) is 0 Å². The summed E-state index contributed by atoms with van der Waals surface area (Å²) in [4.78, 5) is 10.3. The van der Waals surface area contributed by atoms with Crippen molar-refractivity contribution in [1.82, 2.24) is 0 Å². The molecule has 0 heterocycles. The van der Waals surface area contributed by atoms with Crippen LogP contribution < -0.4 is 10.0 Å². The summed E-state index contributed by atoms with van der Waals surface area (Å²) in [5.41, 5.74) is 7.82. The standard InChI is InChI=1S/C16H21ClN2O4S/c17-14-9-12(10-18)5-6-16(14)19(24(21)22)15-4-2-1-3-13(15)7-8-23-11-20/h3,5-6,9,11,15,24H,1-2,4,7-8,10,18H2. The lowest BCUT2D eigenvalue weighted by Crippen LogP contribution is -2.37. The van der Waals surface area contributed by atoms with Gasteiger partial charge in [-0.2, -0.15) is 0 Å². The highest BCUT2D eigenvalue weighted by Gasteiger charge is 2.28. The second-order valence-electron chi connectivity index (χ2n) is 5.52. The maximum atomic E-state index is 11.9. The third-order valence-corrected chi connectivity index (χ3v) is 5.21. The highest BCUT2D eigenvalue weighted by molar-refractivity contribution is 7.74. The van der Waals surface area contributed by atoms with Crippen molar-refractivity contribution in [3.05, 3.63) is 40.4 Å². The zero-order chi connectivity index (χ0) is 17.5. The summed E-state index contributed by atoms with van der Waals surface area (Å²) in [7, 11) is -2.87. The fourth-order valence-corrected chi connectivity index (χ4v) is 4.12. The maximum Gasteiger partial charge on any atom is 0.293 e. The van der Waals surface area contributed by atoms with E-state index in [0.717, 1.165) is 24.0 Å². The number of rotatable bonds is 8. The van der Waals surface area contributed by atoms with Gasteiger partial charge in [0.15, 0.2) is 0 Å². The monoisotopic (exact) mass is 372 g/mol. The minimum absolute atomic E-state index is 0.231. The number of nitrogens with zero attached hydrogens (tertiary/aromatic N) is 1. The first-order valence-electron chi connectivity index (χ1n) is 7.74. The predicted molar refractivity (Wildman–Crippen MR) is 94.5 cm³/mol. The van der Waals surface area contributed by atoms with E-state index in [2.05, 4.69) is 0 Å². The van der Waals surface area contributed by atoms with Gasteiger partial charge in [-0.25, -0.2) is 8.42 Å². The number of carbonyl (C=O) groups excluding carboxylic acids is 1. The van der Waals surface area contributed by atoms with Gasteiger partial charge in [0.25, 0.3) is 6.47 Å². The first-order chi connectivity index (χ1) is 11.6. The number of thiol groups is 1. The van der Waals surface area contributed by atoms with E-state index < -0.39 is 10.9 Å². The van der Waals surface area contributed by atoms with Crippen molar-refractivity contribution in [3.63, 3.8) is 0 Å². The van der Waals surface area contributed by atoms with Crippen LogP contribution in [0.3, 0.4) is 0 Å². The summed E-state index contributed by atoms with van der Waals surface area (Å²) in [6.45, 7) is 0.961. The first-order valence-corrected chi connectivity index (χ1v) is 9.25. The Morgan fingerprint density at radius 2 is 2.21 bits per heavy atom. The molecule has 24 heavy (non-hydrogen) atoms. The van der Waals surface area contributed by atoms with Crippen molar-refractivity contribution < 1.29 is 17.9 Å². The minimum atomic E-state index is -2.87. The van der Waals surface area contributed by atoms with Crippen LogP contribution in [0, 0.1) is 0 Å². The lowest BCUT2D eigenvalue weighted by Gasteiger charge is -2.33. The van der Waals surface area contributed by atoms with Gasteiger partial charge in [0, 0.05) is 13.0 Å². The van der Waals surface area contributed by atoms with Crippen LogP contribution >= 0.6 is 11.6 Å². The number of carbonyl (C=O) groups is 1. The summed E-state index contributed by atoms with van der Waals surface area (Å²) < 4.78 is 30.0. The summed E-state index contributed by atoms with van der Waals surface area (Å²) >= 11 is 6.29. The van der Waals surface area contributed by atoms with E-state index in [4.69, 9.17) is 22.1 Å². The van der Waals surface area contributed by atoms with E-state index in [-0.39, 0.29) is 12.6 Å². The molecule has 0 amide bonds. The van der Waals surface area contributed by atoms with Crippen LogP contribution in [-0.4, -0.2) is 27.5 Å². The molecule has 132 valence electrons. The Morgan fingerprint density at radius 1 is 1.42 bits per heavy atom. The Labute approximate surface area is 148 Å². The van der Waals surface area contributed by atoms with Crippen molar-refractivity contribution in [2.45, 2.75) is 38.3 Å². The molecule has 0 aromatic heterocycles. The van der Waals surface area contributed by atoms with Crippen LogP contribution in [0.2, 0.25) is 5.02 Å². The van der Waals surface area contributed by atoms with Gasteiger partial charge in [0.2, 0.25) is 10.9 Å². The van der Waals surface area contributed by atoms with Gasteiger partial charge < -0.3 is 10.5 Å². The molecule has 0 bridgehead atoms. The van der Waals surface area contributed by atoms with Crippen LogP contribution in [0.25, 0.3) is 0 Å². The lowest BCUT2D eigenvalue weighted by molar-refractivity contribution is -0.128. The lowest BCUT2D eigenvalue weighted by atomic mass is 9.91. The molecule has 1 aromatic carbocycles. The topological polar surface area (TPSA) is 89.7 Å². The van der Waals surface area contributed by atoms with E-state index in [1.807, 2.05) is 6.08 Å². The van der Waals surface area contributed by atoms with Crippen LogP contribution in [0.15, 0.2) is 29.8 Å². The molecular weight excluding hydrogens is 352 g/mol. The fourth-order valence-electron chi connectivity index (χ4n) is 2.93. The molecule has 2 rings (SSSR count). The normalized spacial score (nSPS) is 17.5. The number of anilines is 1. The summed E-state index contributed by atoms with van der Waals surface area (Å²) in [6, 6.07) is 4.83. The summed E-state index contributed by atoms with van der Waals surface area (Å²) in [5, 5.41) is 0.353. The van der Waals surface area contributed by atoms with E-state index in [1.165, 1.54) is 4.31 Å². The third kappa shape index (κ3) is 4.49. The molecule has 1 aliphatic rings. The molecule has 0 aliphatic heterocycles. The second-order valence-corrected chi connectivity index (χ2v) is 6.83. The molecule has 1 unspecified atom stereocenters. The molecule has 1 atom stereocenters. The summed E-state index contributed by atoms with van der Waals surface area (Å²) in [6.07, 6.45) is 5.00. The van der Waals surface area contributed by atoms with E-state index in [9.17, 15) is 13.2 Å². The third-order valence-electron chi connectivity index (χ3n) is 4.06. The average molecular weight is 373 g/mol. The molecule has 2 N–H and O–H groups in total. The van der Waals surface area contributed by atoms with Gasteiger partial charge in [-0.05, 0) is 42.5 Å². The van der Waals surface area contributed by atoms with Gasteiger partial charge in [-0.15, -0.1) is 0 Å². The van der Waals surface area contributed by atoms with E-state index in [1.54, 1.807) is 18.2 Å². The van der Waals surface area contributed by atoms with Crippen LogP contribution in [0.1, 0.15) is 31.2 Å². The maximum absolute atomic E-state index is 11.9. The van der Waals surface area contributed by atoms with Crippen LogP contribution in [0.4, 0.5) is 5.69 Å². The largest absolute Gasteiger partial charge is 0.468 e. The van der Waals surface area contributed by atoms with Crippen LogP contribution in [-0.2, 0) is 27.0 Å². The van der Waals surface area contributed by atoms with E-state index in [0.29, 0.717) is 36.6 Å². The number of ether oxygens (including phenoxy) is 1. The number of halogens is 1. The Bertz CT molecular complexity index is 683. The number of hydrogen-bond donors (Lipinski definition) is 2. The summed E-state index contributed by atoms with van der Waals surface area (Å²) in [5.74, 6) is 0. The molecule has 0 spiro atoms. The number of allylic oxidation sites excluding steroid dienone is 1. The Kier molecular flexibility index (Phi) is 7.08. The Morgan fingerprint density at radius 3 is 2.83 bits per heavy atom. The molecule has 1 aromatic rings. The van der Waals surface area contributed by atoms with Crippen molar-refractivity contribution >= 4 is 34.7 Å². The SMILES string of the molecule is NCc1ccc(N(C2CCCC=C2CCOC=O)[SH](=O)=O)c(Cl)c1. The minimum Gasteiger partial charge on any atom is -0.468 e. The van der Waals surface area contributed by atoms with Crippen molar-refractivity contribution in [1.29, 1.82) is 0 Å². The molecule has 0 saturated carbocycles. The highest BCUT2D eigenvalue weighted by atomic mass is 35.5. The molecule has 0 saturated heterocycles. The highest BCUT2D eigenvalue weighted by Crippen LogP contribution is 2.34. The Hall–Kier alpha value is -1.57.